The SMILES string of the molecule is Cc1cccc(Nc2ncnc3c2C(c2ccccc2Cl)c2ccc4ccccc4c2O3)c1. The molecular weight excluding hydrogens is 430 g/mol. The van der Waals surface area contributed by atoms with Gasteiger partial charge in [0.1, 0.15) is 17.9 Å². The second-order valence-electron chi connectivity index (χ2n) is 8.20. The van der Waals surface area contributed by atoms with Gasteiger partial charge >= 0.3 is 0 Å². The largest absolute Gasteiger partial charge is 0.438 e. The highest BCUT2D eigenvalue weighted by Gasteiger charge is 2.35. The molecule has 0 amide bonds. The molecule has 0 bridgehead atoms. The summed E-state index contributed by atoms with van der Waals surface area (Å²) in [5.41, 5.74) is 5.02. The summed E-state index contributed by atoms with van der Waals surface area (Å²) in [6.07, 6.45) is 1.54. The number of nitrogens with one attached hydrogen (secondary N) is 1. The van der Waals surface area contributed by atoms with Crippen LogP contribution in [0.2, 0.25) is 5.02 Å². The van der Waals surface area contributed by atoms with Gasteiger partial charge in [-0.25, -0.2) is 9.97 Å². The highest BCUT2D eigenvalue weighted by atomic mass is 35.5. The van der Waals surface area contributed by atoms with Gasteiger partial charge in [-0.05, 0) is 41.6 Å². The molecule has 2 heterocycles. The van der Waals surface area contributed by atoms with Gasteiger partial charge in [-0.3, -0.25) is 0 Å². The third-order valence-electron chi connectivity index (χ3n) is 6.05. The lowest BCUT2D eigenvalue weighted by Crippen LogP contribution is -2.16. The van der Waals surface area contributed by atoms with Crippen molar-refractivity contribution in [2.75, 3.05) is 5.32 Å². The second-order valence-corrected chi connectivity index (χ2v) is 8.60. The van der Waals surface area contributed by atoms with Crippen molar-refractivity contribution in [1.82, 2.24) is 9.97 Å². The number of aryl methyl sites for hydroxylation is 1. The average Bonchev–Trinajstić information content (AvgIpc) is 2.83. The molecule has 1 atom stereocenters. The Hall–Kier alpha value is -3.89. The molecule has 4 nitrogen and oxygen atoms in total. The van der Waals surface area contributed by atoms with Crippen molar-refractivity contribution >= 4 is 33.9 Å². The molecule has 0 spiro atoms. The number of hydrogen-bond acceptors (Lipinski definition) is 4. The first kappa shape index (κ1) is 19.8. The molecule has 4 aromatic carbocycles. The maximum atomic E-state index is 6.74. The summed E-state index contributed by atoms with van der Waals surface area (Å²) in [6, 6.07) is 28.6. The van der Waals surface area contributed by atoms with E-state index in [0.29, 0.717) is 16.7 Å². The van der Waals surface area contributed by atoms with Crippen LogP contribution in [0.3, 0.4) is 0 Å². The van der Waals surface area contributed by atoms with Gasteiger partial charge in [-0.1, -0.05) is 78.3 Å². The molecule has 1 aromatic heterocycles. The molecule has 0 saturated carbocycles. The fourth-order valence-corrected chi connectivity index (χ4v) is 4.81. The topological polar surface area (TPSA) is 47.0 Å². The van der Waals surface area contributed by atoms with E-state index in [1.807, 2.05) is 42.5 Å². The lowest BCUT2D eigenvalue weighted by Gasteiger charge is -2.30. The number of fused-ring (bicyclic) bond motifs is 4. The van der Waals surface area contributed by atoms with E-state index < -0.39 is 0 Å². The van der Waals surface area contributed by atoms with Gasteiger partial charge in [-0.15, -0.1) is 0 Å². The number of benzene rings is 4. The molecule has 5 heteroatoms. The van der Waals surface area contributed by atoms with Gasteiger partial charge in [0.25, 0.3) is 0 Å². The number of nitrogens with zero attached hydrogens (tertiary/aromatic N) is 2. The molecule has 160 valence electrons. The predicted octanol–water partition coefficient (Wildman–Crippen LogP) is 7.62. The molecule has 5 aromatic rings. The zero-order chi connectivity index (χ0) is 22.4. The Morgan fingerprint density at radius 2 is 1.70 bits per heavy atom. The van der Waals surface area contributed by atoms with E-state index in [-0.39, 0.29) is 5.92 Å². The van der Waals surface area contributed by atoms with Crippen LogP contribution in [0, 0.1) is 6.92 Å². The molecule has 0 aliphatic carbocycles. The van der Waals surface area contributed by atoms with Gasteiger partial charge in [0, 0.05) is 27.6 Å². The monoisotopic (exact) mass is 449 g/mol. The van der Waals surface area contributed by atoms with E-state index in [1.165, 1.54) is 11.9 Å². The summed E-state index contributed by atoms with van der Waals surface area (Å²) in [7, 11) is 0. The summed E-state index contributed by atoms with van der Waals surface area (Å²) in [5.74, 6) is 1.87. The molecule has 1 unspecified atom stereocenters. The highest BCUT2D eigenvalue weighted by Crippen LogP contribution is 2.52. The maximum absolute atomic E-state index is 6.74. The minimum atomic E-state index is -0.185. The van der Waals surface area contributed by atoms with E-state index in [0.717, 1.165) is 38.9 Å². The number of halogens is 1. The van der Waals surface area contributed by atoms with Crippen LogP contribution >= 0.6 is 11.6 Å². The maximum Gasteiger partial charge on any atom is 0.228 e. The third kappa shape index (κ3) is 3.40. The number of anilines is 2. The van der Waals surface area contributed by atoms with E-state index in [9.17, 15) is 0 Å². The van der Waals surface area contributed by atoms with Gasteiger partial charge < -0.3 is 10.1 Å². The first-order chi connectivity index (χ1) is 16.2. The van der Waals surface area contributed by atoms with Crippen molar-refractivity contribution in [3.8, 4) is 11.6 Å². The van der Waals surface area contributed by atoms with Gasteiger partial charge in [0.15, 0.2) is 0 Å². The van der Waals surface area contributed by atoms with E-state index in [1.54, 1.807) is 0 Å². The van der Waals surface area contributed by atoms with Crippen LogP contribution in [0.25, 0.3) is 10.8 Å². The Bertz CT molecular complexity index is 1510. The Balaban J connectivity index is 1.60. The smallest absolute Gasteiger partial charge is 0.228 e. The van der Waals surface area contributed by atoms with E-state index >= 15 is 0 Å². The van der Waals surface area contributed by atoms with Crippen molar-refractivity contribution in [2.24, 2.45) is 0 Å². The van der Waals surface area contributed by atoms with Crippen molar-refractivity contribution in [2.45, 2.75) is 12.8 Å². The van der Waals surface area contributed by atoms with Crippen molar-refractivity contribution in [1.29, 1.82) is 0 Å². The lowest BCUT2D eigenvalue weighted by molar-refractivity contribution is 0.438. The van der Waals surface area contributed by atoms with Gasteiger partial charge in [-0.2, -0.15) is 0 Å². The number of rotatable bonds is 3. The molecule has 0 fully saturated rings. The lowest BCUT2D eigenvalue weighted by atomic mass is 9.82. The zero-order valence-electron chi connectivity index (χ0n) is 17.9. The quantitative estimate of drug-likeness (QED) is 0.302. The second kappa shape index (κ2) is 7.91. The zero-order valence-corrected chi connectivity index (χ0v) is 18.7. The summed E-state index contributed by atoms with van der Waals surface area (Å²) in [4.78, 5) is 9.15. The van der Waals surface area contributed by atoms with Crippen LogP contribution in [-0.4, -0.2) is 9.97 Å². The van der Waals surface area contributed by atoms with Crippen LogP contribution in [0.4, 0.5) is 11.5 Å². The standard InChI is InChI=1S/C28H20ClN3O/c1-17-7-6-9-19(15-17)32-27-25-24(21-11-4-5-12-23(21)29)22-14-13-18-8-2-3-10-20(18)26(22)33-28(25)31-16-30-27/h2-16,24H,1H3,(H,30,31,32). The summed E-state index contributed by atoms with van der Waals surface area (Å²) >= 11 is 6.74. The molecule has 33 heavy (non-hydrogen) atoms. The summed E-state index contributed by atoms with van der Waals surface area (Å²) in [5, 5.41) is 6.34. The van der Waals surface area contributed by atoms with Crippen LogP contribution in [-0.2, 0) is 0 Å². The Labute approximate surface area is 196 Å². The van der Waals surface area contributed by atoms with E-state index in [2.05, 4.69) is 64.7 Å². The van der Waals surface area contributed by atoms with Crippen molar-refractivity contribution < 1.29 is 4.74 Å². The number of aromatic nitrogens is 2. The van der Waals surface area contributed by atoms with Crippen molar-refractivity contribution in [3.63, 3.8) is 0 Å². The summed E-state index contributed by atoms with van der Waals surface area (Å²) < 4.78 is 6.45. The molecule has 1 aliphatic heterocycles. The number of hydrogen-bond donors (Lipinski definition) is 1. The average molecular weight is 450 g/mol. The fraction of sp³-hybridized carbons (Fsp3) is 0.0714. The van der Waals surface area contributed by atoms with E-state index in [4.69, 9.17) is 16.3 Å². The Morgan fingerprint density at radius 3 is 2.58 bits per heavy atom. The van der Waals surface area contributed by atoms with Gasteiger partial charge in [0.2, 0.25) is 5.88 Å². The molecule has 6 rings (SSSR count). The van der Waals surface area contributed by atoms with Crippen LogP contribution in [0.1, 0.15) is 28.2 Å². The van der Waals surface area contributed by atoms with Crippen LogP contribution in [0.5, 0.6) is 11.6 Å². The number of ether oxygens (including phenoxy) is 1. The van der Waals surface area contributed by atoms with Crippen LogP contribution in [0.15, 0.2) is 91.3 Å². The van der Waals surface area contributed by atoms with Crippen LogP contribution < -0.4 is 10.1 Å². The summed E-state index contributed by atoms with van der Waals surface area (Å²) in [6.45, 7) is 2.07. The molecule has 1 N–H and O–H groups in total. The minimum absolute atomic E-state index is 0.185. The van der Waals surface area contributed by atoms with Crippen molar-refractivity contribution in [3.05, 3.63) is 119 Å². The first-order valence-electron chi connectivity index (χ1n) is 10.8. The Morgan fingerprint density at radius 1 is 0.848 bits per heavy atom. The Kier molecular flexibility index (Phi) is 4.74. The first-order valence-corrected chi connectivity index (χ1v) is 11.2. The third-order valence-corrected chi connectivity index (χ3v) is 6.40. The predicted molar refractivity (Wildman–Crippen MR) is 133 cm³/mol. The normalized spacial score (nSPS) is 14.3. The fourth-order valence-electron chi connectivity index (χ4n) is 4.57. The minimum Gasteiger partial charge on any atom is -0.438 e. The molecule has 0 radical (unpaired) electrons. The molecule has 0 saturated heterocycles. The van der Waals surface area contributed by atoms with Gasteiger partial charge in [0.05, 0.1) is 5.56 Å². The molecular formula is C28H20ClN3O. The highest BCUT2D eigenvalue weighted by molar-refractivity contribution is 6.31. The molecule has 1 aliphatic rings.